The topological polar surface area (TPSA) is 302 Å². The molecule has 4 rings (SSSR count). The standard InChI is InChI=1S/C64H96N8O13S/c1-11-29-71(62(81)49(41(7)12-2)36-55(76)52-21-15-17-30-70(52)10)53(40(5)6)37-56(85-43(9)73)61-69-51(38-86-61)60(80)67-46(32-42(8)63(82)83)33-44-22-24-45(25-23-44)34-54(75)50(20-18-28-66-64(65)84)68-59(79)48(39(3)4)35-47(74)19-14-13-16-31-72-57(77)26-27-58(72)78/h22-27,38-42,46,48-50,52-53,56H,11-21,28-37H2,1-10H3,(H,67,80)(H,68,79)(H,82,83)(H3,65,66,84)/t41-,42?,46+,48-,49-,50-,52+,53+,56+/m0/s1. The zero-order chi connectivity index (χ0) is 63.8. The number of esters is 1. The quantitative estimate of drug-likeness (QED) is 0.0243. The molecule has 476 valence electrons. The summed E-state index contributed by atoms with van der Waals surface area (Å²) >= 11 is 1.13. The third-order valence-electron chi connectivity index (χ3n) is 16.7. The number of urea groups is 1. The lowest BCUT2D eigenvalue weighted by Crippen LogP contribution is -2.50. The number of amides is 7. The molecule has 0 aliphatic carbocycles. The Morgan fingerprint density at radius 1 is 0.849 bits per heavy atom. The fourth-order valence-electron chi connectivity index (χ4n) is 11.4. The zero-order valence-corrected chi connectivity index (χ0v) is 53.2. The van der Waals surface area contributed by atoms with Crippen LogP contribution >= 0.6 is 11.3 Å². The number of carboxylic acids is 1. The van der Waals surface area contributed by atoms with Crippen molar-refractivity contribution in [3.63, 3.8) is 0 Å². The van der Waals surface area contributed by atoms with Crippen molar-refractivity contribution >= 4 is 76.2 Å². The molecule has 7 amide bonds. The number of ketones is 3. The summed E-state index contributed by atoms with van der Waals surface area (Å²) in [6.45, 7) is 18.2. The van der Waals surface area contributed by atoms with Gasteiger partial charge in [-0.1, -0.05) is 98.9 Å². The van der Waals surface area contributed by atoms with Gasteiger partial charge in [-0.2, -0.15) is 0 Å². The lowest BCUT2D eigenvalue weighted by Gasteiger charge is -2.39. The molecule has 1 aromatic heterocycles. The molecule has 2 aromatic rings. The highest BCUT2D eigenvalue weighted by Gasteiger charge is 2.39. The number of aliphatic carboxylic acids is 1. The Balaban J connectivity index is 1.47. The van der Waals surface area contributed by atoms with E-state index in [0.717, 1.165) is 47.6 Å². The molecule has 0 radical (unpaired) electrons. The smallest absolute Gasteiger partial charge is 0.312 e. The van der Waals surface area contributed by atoms with Gasteiger partial charge in [0, 0.05) is 100 Å². The van der Waals surface area contributed by atoms with E-state index in [0.29, 0.717) is 55.6 Å². The average Bonchev–Trinajstić information content (AvgIpc) is 2.54. The predicted molar refractivity (Wildman–Crippen MR) is 327 cm³/mol. The first-order valence-electron chi connectivity index (χ1n) is 30.9. The van der Waals surface area contributed by atoms with Gasteiger partial charge in [0.1, 0.15) is 16.5 Å². The number of imide groups is 1. The van der Waals surface area contributed by atoms with Crippen LogP contribution in [0.3, 0.4) is 0 Å². The van der Waals surface area contributed by atoms with E-state index in [1.165, 1.54) is 19.1 Å². The number of benzene rings is 1. The Morgan fingerprint density at radius 2 is 1.52 bits per heavy atom. The normalized spacial score (nSPS) is 17.3. The van der Waals surface area contributed by atoms with Crippen LogP contribution in [0.15, 0.2) is 41.8 Å². The number of rotatable bonds is 39. The number of nitrogens with zero attached hydrogens (tertiary/aromatic N) is 4. The molecule has 2 aliphatic rings. The van der Waals surface area contributed by atoms with Crippen LogP contribution in [0.25, 0.3) is 0 Å². The fraction of sp³-hybridized carbons (Fsp3) is 0.656. The van der Waals surface area contributed by atoms with Crippen molar-refractivity contribution < 1.29 is 62.6 Å². The van der Waals surface area contributed by atoms with E-state index in [9.17, 15) is 57.8 Å². The second-order valence-electron chi connectivity index (χ2n) is 24.3. The Morgan fingerprint density at radius 3 is 2.12 bits per heavy atom. The summed E-state index contributed by atoms with van der Waals surface area (Å²) < 4.78 is 5.93. The number of likely N-dealkylation sites (N-methyl/N-ethyl adjacent to an activating group) is 1. The van der Waals surface area contributed by atoms with Gasteiger partial charge in [-0.05, 0) is 100 Å². The summed E-state index contributed by atoms with van der Waals surface area (Å²) in [6, 6.07) is 4.02. The predicted octanol–water partition coefficient (Wildman–Crippen LogP) is 7.72. The summed E-state index contributed by atoms with van der Waals surface area (Å²) in [6.07, 6.45) is 8.50. The Labute approximate surface area is 512 Å². The molecule has 22 heteroatoms. The van der Waals surface area contributed by atoms with E-state index in [2.05, 4.69) is 25.8 Å². The molecule has 0 bridgehead atoms. The SMILES string of the molecule is CCCN(C(=O)[C@@H](CC(=O)[C@H]1CCCCN1C)[C@@H](C)CC)[C@H](C[C@@H](OC(C)=O)c1nc(C(=O)N[C@@H](Cc2ccc(CC(=O)[C@H](CCCNC(N)=O)NC(=O)[C@@H](CC(=O)CCCCCN3C(=O)C=CC3=O)C(C)C)cc2)CC(C)C(=O)O)cs1)C(C)C. The van der Waals surface area contributed by atoms with Gasteiger partial charge in [0.05, 0.1) is 18.0 Å². The number of piperidine rings is 1. The van der Waals surface area contributed by atoms with Gasteiger partial charge in [-0.15, -0.1) is 11.3 Å². The number of nitrogens with one attached hydrogen (secondary N) is 3. The second-order valence-corrected chi connectivity index (χ2v) is 25.2. The van der Waals surface area contributed by atoms with Crippen LogP contribution in [-0.4, -0.2) is 147 Å². The molecule has 9 atom stereocenters. The summed E-state index contributed by atoms with van der Waals surface area (Å²) in [4.78, 5) is 154. The minimum atomic E-state index is -1.05. The van der Waals surface area contributed by atoms with Gasteiger partial charge in [-0.3, -0.25) is 57.7 Å². The molecule has 6 N–H and O–H groups in total. The highest BCUT2D eigenvalue weighted by Crippen LogP contribution is 2.34. The summed E-state index contributed by atoms with van der Waals surface area (Å²) in [5, 5.41) is 20.2. The van der Waals surface area contributed by atoms with Crippen molar-refractivity contribution in [2.75, 3.05) is 33.2 Å². The molecule has 1 saturated heterocycles. The van der Waals surface area contributed by atoms with Crippen molar-refractivity contribution in [2.24, 2.45) is 41.2 Å². The maximum Gasteiger partial charge on any atom is 0.312 e. The van der Waals surface area contributed by atoms with Crippen LogP contribution in [0.5, 0.6) is 0 Å². The van der Waals surface area contributed by atoms with E-state index in [4.69, 9.17) is 10.5 Å². The first-order valence-corrected chi connectivity index (χ1v) is 31.8. The van der Waals surface area contributed by atoms with E-state index in [1.54, 1.807) is 36.6 Å². The molecular formula is C64H96N8O13S. The van der Waals surface area contributed by atoms with Crippen LogP contribution in [0.2, 0.25) is 0 Å². The number of ether oxygens (including phenoxy) is 1. The van der Waals surface area contributed by atoms with E-state index in [-0.39, 0.29) is 129 Å². The minimum Gasteiger partial charge on any atom is -0.481 e. The van der Waals surface area contributed by atoms with Crippen molar-refractivity contribution in [3.05, 3.63) is 63.6 Å². The Kier molecular flexibility index (Phi) is 29.9. The van der Waals surface area contributed by atoms with Crippen LogP contribution in [0.4, 0.5) is 4.79 Å². The summed E-state index contributed by atoms with van der Waals surface area (Å²) in [5.41, 5.74) is 6.65. The number of hydrogen-bond donors (Lipinski definition) is 5. The van der Waals surface area contributed by atoms with E-state index < -0.39 is 71.8 Å². The fourth-order valence-corrected chi connectivity index (χ4v) is 12.2. The molecule has 0 saturated carbocycles. The summed E-state index contributed by atoms with van der Waals surface area (Å²) in [5.74, 6) is -6.34. The maximum absolute atomic E-state index is 14.9. The number of nitrogens with two attached hydrogens (primary N) is 1. The van der Waals surface area contributed by atoms with Crippen molar-refractivity contribution in [1.29, 1.82) is 0 Å². The number of carbonyl (C=O) groups excluding carboxylic acids is 10. The minimum absolute atomic E-state index is 0.0331. The molecule has 3 heterocycles. The number of Topliss-reactive ketones (excluding diaryl/α,β-unsaturated/α-hetero) is 3. The van der Waals surface area contributed by atoms with E-state index in [1.807, 2.05) is 60.4 Å². The highest BCUT2D eigenvalue weighted by atomic mass is 32.1. The molecule has 0 spiro atoms. The molecule has 1 aromatic carbocycles. The van der Waals surface area contributed by atoms with Crippen molar-refractivity contribution in [3.8, 4) is 0 Å². The molecular weight excluding hydrogens is 1120 g/mol. The molecule has 1 fully saturated rings. The number of hydrogen-bond acceptors (Lipinski definition) is 15. The molecule has 21 nitrogen and oxygen atoms in total. The lowest BCUT2D eigenvalue weighted by molar-refractivity contribution is -0.150. The van der Waals surface area contributed by atoms with Gasteiger partial charge in [0.15, 0.2) is 17.7 Å². The van der Waals surface area contributed by atoms with E-state index >= 15 is 0 Å². The maximum atomic E-state index is 14.9. The van der Waals surface area contributed by atoms with Crippen LogP contribution < -0.4 is 21.7 Å². The van der Waals surface area contributed by atoms with Crippen LogP contribution in [-0.2, 0) is 60.7 Å². The number of aromatic nitrogens is 1. The van der Waals surface area contributed by atoms with Gasteiger partial charge >= 0.3 is 18.0 Å². The summed E-state index contributed by atoms with van der Waals surface area (Å²) in [7, 11) is 1.97. The number of unbranched alkanes of at least 4 members (excludes halogenated alkanes) is 2. The largest absolute Gasteiger partial charge is 0.481 e. The van der Waals surface area contributed by atoms with Crippen molar-refractivity contribution in [1.82, 2.24) is 35.6 Å². The number of primary amides is 1. The molecule has 86 heavy (non-hydrogen) atoms. The van der Waals surface area contributed by atoms with Crippen molar-refractivity contribution in [2.45, 2.75) is 202 Å². The van der Waals surface area contributed by atoms with Gasteiger partial charge in [-0.25, -0.2) is 9.78 Å². The number of carboxylic acid groups (broad SMARTS) is 1. The monoisotopic (exact) mass is 1220 g/mol. The Bertz CT molecular complexity index is 2660. The lowest BCUT2D eigenvalue weighted by atomic mass is 9.82. The van der Waals surface area contributed by atoms with Gasteiger partial charge in [0.2, 0.25) is 11.8 Å². The van der Waals surface area contributed by atoms with Crippen LogP contribution in [0, 0.1) is 35.5 Å². The molecule has 1 unspecified atom stereocenters. The number of thiazole rings is 1. The zero-order valence-electron chi connectivity index (χ0n) is 52.4. The molecule has 2 aliphatic heterocycles. The third-order valence-corrected chi connectivity index (χ3v) is 17.6. The second kappa shape index (κ2) is 35.8. The average molecular weight is 1220 g/mol. The van der Waals surface area contributed by atoms with Gasteiger partial charge in [0.25, 0.3) is 17.7 Å². The van der Waals surface area contributed by atoms with Crippen LogP contribution in [0.1, 0.15) is 191 Å². The first kappa shape index (κ1) is 71.8. The number of likely N-dealkylation sites (tertiary alicyclic amines) is 1. The highest BCUT2D eigenvalue weighted by molar-refractivity contribution is 7.09. The first-order chi connectivity index (χ1) is 40.7. The number of carbonyl (C=O) groups is 11. The van der Waals surface area contributed by atoms with Gasteiger partial charge < -0.3 is 36.4 Å². The third kappa shape index (κ3) is 22.9. The Hall–Kier alpha value is -6.68.